The Morgan fingerprint density at radius 1 is 1.07 bits per heavy atom. The molecule has 0 radical (unpaired) electrons. The van der Waals surface area contributed by atoms with Gasteiger partial charge in [0.1, 0.15) is 0 Å². The van der Waals surface area contributed by atoms with Gasteiger partial charge < -0.3 is 0 Å². The van der Waals surface area contributed by atoms with Gasteiger partial charge in [-0.3, -0.25) is 0 Å². The molecular weight excluding hydrogens is 445 g/mol. The molecule has 0 unspecified atom stereocenters. The van der Waals surface area contributed by atoms with Crippen molar-refractivity contribution in [1.82, 2.24) is 15.2 Å². The van der Waals surface area contributed by atoms with Crippen LogP contribution in [0.15, 0.2) is 67.0 Å². The van der Waals surface area contributed by atoms with Crippen LogP contribution in [0, 0.1) is 11.3 Å². The Labute approximate surface area is 178 Å². The van der Waals surface area contributed by atoms with Crippen molar-refractivity contribution in [2.24, 2.45) is 0 Å². The van der Waals surface area contributed by atoms with Gasteiger partial charge in [-0.15, -0.1) is 0 Å². The molecule has 0 saturated carbocycles. The van der Waals surface area contributed by atoms with Crippen LogP contribution in [0.5, 0.6) is 5.75 Å². The summed E-state index contributed by atoms with van der Waals surface area (Å²) in [6.07, 6.45) is 3.22. The van der Waals surface area contributed by atoms with Crippen molar-refractivity contribution in [3.05, 3.63) is 78.1 Å². The van der Waals surface area contributed by atoms with Gasteiger partial charge in [0.2, 0.25) is 0 Å². The molecule has 30 heavy (non-hydrogen) atoms. The molecule has 0 spiro atoms. The van der Waals surface area contributed by atoms with E-state index in [-0.39, 0.29) is 20.4 Å². The molecule has 2 aromatic heterocycles. The number of carbonyl (C=O) groups excluding carboxylic acids is 1. The number of nitrogens with one attached hydrogen (secondary N) is 1. The van der Waals surface area contributed by atoms with Crippen LogP contribution < -0.4 is 10.1 Å². The molecule has 2 aromatic carbocycles. The Kier molecular flexibility index (Phi) is 5.66. The van der Waals surface area contributed by atoms with Crippen LogP contribution in [0.4, 0.5) is 4.69 Å². The molecule has 1 N–H and O–H groups in total. The molecule has 7 nitrogen and oxygen atoms in total. The Morgan fingerprint density at radius 2 is 1.87 bits per heavy atom. The van der Waals surface area contributed by atoms with E-state index >= 15 is 0 Å². The van der Waals surface area contributed by atoms with E-state index in [0.717, 1.165) is 15.7 Å². The van der Waals surface area contributed by atoms with Crippen molar-refractivity contribution >= 4 is 25.1 Å². The first-order valence-electron chi connectivity index (χ1n) is 8.92. The number of hydrogen-bond donors (Lipinski definition) is 1. The molecule has 1 amide bonds. The summed E-state index contributed by atoms with van der Waals surface area (Å²) in [7, 11) is 1.59. The van der Waals surface area contributed by atoms with E-state index in [1.807, 2.05) is 36.4 Å². The fraction of sp³-hybridized carbons (Fsp3) is 0.0455. The number of rotatable bonds is 5. The SMILES string of the molecule is COc1ccccc1-c1cnccc1C(=O)Nc1nnc(-c2ccc(C#N)cc2)[se]1. The van der Waals surface area contributed by atoms with E-state index in [1.165, 1.54) is 0 Å². The van der Waals surface area contributed by atoms with Gasteiger partial charge >= 0.3 is 179 Å². The Morgan fingerprint density at radius 3 is 2.63 bits per heavy atom. The number of amides is 1. The van der Waals surface area contributed by atoms with Gasteiger partial charge in [0.15, 0.2) is 0 Å². The Bertz CT molecular complexity index is 1240. The maximum absolute atomic E-state index is 13.0. The molecule has 0 aliphatic heterocycles. The second-order valence-electron chi connectivity index (χ2n) is 6.18. The quantitative estimate of drug-likeness (QED) is 0.459. The Balaban J connectivity index is 1.60. The number of methoxy groups -OCH3 is 1. The van der Waals surface area contributed by atoms with Crippen molar-refractivity contribution in [3.8, 4) is 33.1 Å². The third-order valence-corrected chi connectivity index (χ3v) is 6.23. The fourth-order valence-corrected chi connectivity index (χ4v) is 4.48. The van der Waals surface area contributed by atoms with Crippen LogP contribution in [0.2, 0.25) is 0 Å². The summed E-state index contributed by atoms with van der Waals surface area (Å²) in [5.41, 5.74) is 3.40. The van der Waals surface area contributed by atoms with Crippen molar-refractivity contribution in [1.29, 1.82) is 5.26 Å². The number of nitriles is 1. The zero-order valence-electron chi connectivity index (χ0n) is 15.9. The van der Waals surface area contributed by atoms with Crippen molar-refractivity contribution in [2.75, 3.05) is 12.4 Å². The third kappa shape index (κ3) is 3.98. The first-order valence-corrected chi connectivity index (χ1v) is 10.6. The summed E-state index contributed by atoms with van der Waals surface area (Å²) < 4.78 is 6.75. The van der Waals surface area contributed by atoms with Crippen LogP contribution in [0.1, 0.15) is 15.9 Å². The number of hydrogen-bond acceptors (Lipinski definition) is 6. The van der Waals surface area contributed by atoms with Crippen molar-refractivity contribution in [2.45, 2.75) is 0 Å². The normalized spacial score (nSPS) is 10.3. The molecule has 0 atom stereocenters. The van der Waals surface area contributed by atoms with E-state index in [2.05, 4.69) is 26.6 Å². The number of benzene rings is 2. The number of ether oxygens (including phenoxy) is 1. The van der Waals surface area contributed by atoms with Gasteiger partial charge in [0.25, 0.3) is 0 Å². The summed E-state index contributed by atoms with van der Waals surface area (Å²) in [5.74, 6) is 0.378. The summed E-state index contributed by atoms with van der Waals surface area (Å²) in [4.78, 5) is 17.2. The van der Waals surface area contributed by atoms with Gasteiger partial charge in [-0.05, 0) is 0 Å². The molecule has 0 aliphatic carbocycles. The molecule has 2 heterocycles. The van der Waals surface area contributed by atoms with E-state index in [1.54, 1.807) is 37.7 Å². The summed E-state index contributed by atoms with van der Waals surface area (Å²) in [6, 6.07) is 18.4. The van der Waals surface area contributed by atoms with Crippen LogP contribution in [-0.4, -0.2) is 42.7 Å². The number of nitrogens with zero attached hydrogens (tertiary/aromatic N) is 4. The molecule has 146 valence electrons. The molecule has 8 heteroatoms. The standard InChI is InChI=1S/C22H15N5O2Se/c1-29-19-5-3-2-4-16(19)18-13-24-11-10-17(18)20(28)25-22-27-26-21(30-22)15-8-6-14(12-23)7-9-15/h2-11,13H,1H3,(H,25,27,28). The zero-order valence-corrected chi connectivity index (χ0v) is 17.6. The average Bonchev–Trinajstić information content (AvgIpc) is 3.27. The predicted octanol–water partition coefficient (Wildman–Crippen LogP) is 3.40. The predicted molar refractivity (Wildman–Crippen MR) is 113 cm³/mol. The van der Waals surface area contributed by atoms with Gasteiger partial charge in [-0.25, -0.2) is 0 Å². The molecule has 4 rings (SSSR count). The van der Waals surface area contributed by atoms with Crippen LogP contribution in [0.3, 0.4) is 0 Å². The maximum atomic E-state index is 13.0. The van der Waals surface area contributed by atoms with Gasteiger partial charge in [-0.1, -0.05) is 0 Å². The molecule has 0 fully saturated rings. The van der Waals surface area contributed by atoms with E-state index in [9.17, 15) is 4.79 Å². The summed E-state index contributed by atoms with van der Waals surface area (Å²) in [5, 5.41) is 20.1. The minimum absolute atomic E-state index is 0.249. The zero-order chi connectivity index (χ0) is 20.9. The van der Waals surface area contributed by atoms with Crippen LogP contribution in [-0.2, 0) is 0 Å². The summed E-state index contributed by atoms with van der Waals surface area (Å²) >= 11 is -0.249. The number of pyridine rings is 1. The van der Waals surface area contributed by atoms with Crippen LogP contribution in [0.25, 0.3) is 21.3 Å². The van der Waals surface area contributed by atoms with E-state index in [0.29, 0.717) is 27.1 Å². The molecule has 0 aliphatic rings. The van der Waals surface area contributed by atoms with Gasteiger partial charge in [-0.2, -0.15) is 0 Å². The number of anilines is 1. The molecule has 0 saturated heterocycles. The van der Waals surface area contributed by atoms with E-state index < -0.39 is 0 Å². The average molecular weight is 460 g/mol. The first-order chi connectivity index (χ1) is 14.7. The number of carbonyl (C=O) groups is 1. The van der Waals surface area contributed by atoms with Crippen molar-refractivity contribution in [3.63, 3.8) is 0 Å². The second kappa shape index (κ2) is 8.70. The molecule has 4 aromatic rings. The number of aromatic nitrogens is 3. The van der Waals surface area contributed by atoms with Crippen molar-refractivity contribution < 1.29 is 9.53 Å². The van der Waals surface area contributed by atoms with Crippen LogP contribution >= 0.6 is 0 Å². The second-order valence-corrected chi connectivity index (χ2v) is 8.23. The minimum atomic E-state index is -0.282. The first kappa shape index (κ1) is 19.5. The number of para-hydroxylation sites is 1. The fourth-order valence-electron chi connectivity index (χ4n) is 2.92. The van der Waals surface area contributed by atoms with Gasteiger partial charge in [0.05, 0.1) is 0 Å². The topological polar surface area (TPSA) is 101 Å². The monoisotopic (exact) mass is 461 g/mol. The Hall–Kier alpha value is -3.79. The third-order valence-electron chi connectivity index (χ3n) is 4.37. The summed E-state index contributed by atoms with van der Waals surface area (Å²) in [6.45, 7) is 0. The van der Waals surface area contributed by atoms with E-state index in [4.69, 9.17) is 10.00 Å². The molecule has 0 bridgehead atoms. The van der Waals surface area contributed by atoms with Gasteiger partial charge in [0, 0.05) is 0 Å². The molecular formula is C22H15N5O2Se.